The number of morpholine rings is 1. The van der Waals surface area contributed by atoms with Gasteiger partial charge in [0.2, 0.25) is 11.8 Å². The Kier molecular flexibility index (Phi) is 6.59. The molecule has 0 saturated carbocycles. The molecule has 6 nitrogen and oxygen atoms in total. The number of hydrogen-bond donors (Lipinski definition) is 0. The lowest BCUT2D eigenvalue weighted by molar-refractivity contribution is -0.141. The van der Waals surface area contributed by atoms with E-state index in [1.807, 2.05) is 36.6 Å². The molecule has 2 rings (SSSR count). The molecule has 6 heteroatoms. The fourth-order valence-corrected chi connectivity index (χ4v) is 3.16. The molecule has 2 aliphatic rings. The maximum atomic E-state index is 12.5. The Hall–Kier alpha value is -1.40. The Morgan fingerprint density at radius 3 is 2.22 bits per heavy atom. The Morgan fingerprint density at radius 2 is 1.65 bits per heavy atom. The van der Waals surface area contributed by atoms with E-state index in [2.05, 4.69) is 4.90 Å². The van der Waals surface area contributed by atoms with Gasteiger partial charge >= 0.3 is 0 Å². The molecule has 2 saturated heterocycles. The summed E-state index contributed by atoms with van der Waals surface area (Å²) in [5.74, 6) is 0.300. The van der Waals surface area contributed by atoms with Crippen LogP contribution in [0.1, 0.15) is 27.2 Å². The molecule has 1 atom stereocenters. The van der Waals surface area contributed by atoms with Crippen molar-refractivity contribution in [2.45, 2.75) is 33.2 Å². The van der Waals surface area contributed by atoms with Crippen molar-refractivity contribution < 1.29 is 14.3 Å². The van der Waals surface area contributed by atoms with Gasteiger partial charge in [0.25, 0.3) is 0 Å². The maximum absolute atomic E-state index is 12.5. The molecule has 2 heterocycles. The smallest absolute Gasteiger partial charge is 0.249 e. The summed E-state index contributed by atoms with van der Waals surface area (Å²) in [6.45, 7) is 11.4. The summed E-state index contributed by atoms with van der Waals surface area (Å²) in [6.07, 6.45) is 2.85. The first-order chi connectivity index (χ1) is 11.0. The van der Waals surface area contributed by atoms with Gasteiger partial charge in [-0.2, -0.15) is 0 Å². The number of ether oxygens (including phenoxy) is 1. The molecule has 0 unspecified atom stereocenters. The molecule has 2 amide bonds. The molecule has 0 spiro atoms. The van der Waals surface area contributed by atoms with Gasteiger partial charge in [-0.15, -0.1) is 0 Å². The number of nitrogens with zero attached hydrogens (tertiary/aromatic N) is 3. The summed E-state index contributed by atoms with van der Waals surface area (Å²) in [5.41, 5.74) is 0.818. The topological polar surface area (TPSA) is 53.1 Å². The first-order valence-electron chi connectivity index (χ1n) is 8.61. The van der Waals surface area contributed by atoms with Crippen LogP contribution in [0.4, 0.5) is 0 Å². The average molecular weight is 323 g/mol. The van der Waals surface area contributed by atoms with Crippen LogP contribution >= 0.6 is 0 Å². The van der Waals surface area contributed by atoms with Crippen LogP contribution in [-0.2, 0) is 14.3 Å². The molecule has 2 aliphatic heterocycles. The van der Waals surface area contributed by atoms with E-state index in [0.717, 1.165) is 25.1 Å². The highest BCUT2D eigenvalue weighted by Gasteiger charge is 2.30. The van der Waals surface area contributed by atoms with E-state index in [9.17, 15) is 9.59 Å². The van der Waals surface area contributed by atoms with Crippen molar-refractivity contribution in [3.8, 4) is 0 Å². The molecule has 23 heavy (non-hydrogen) atoms. The number of amides is 2. The van der Waals surface area contributed by atoms with Gasteiger partial charge in [0.15, 0.2) is 0 Å². The number of carbonyl (C=O) groups is 2. The normalized spacial score (nSPS) is 22.1. The molecule has 0 aromatic carbocycles. The second kappa shape index (κ2) is 8.45. The zero-order chi connectivity index (χ0) is 16.8. The summed E-state index contributed by atoms with van der Waals surface area (Å²) in [7, 11) is 0. The predicted molar refractivity (Wildman–Crippen MR) is 89.1 cm³/mol. The fraction of sp³-hybridized carbons (Fsp3) is 0.765. The van der Waals surface area contributed by atoms with E-state index >= 15 is 0 Å². The molecule has 0 N–H and O–H groups in total. The molecule has 2 fully saturated rings. The summed E-state index contributed by atoms with van der Waals surface area (Å²) in [4.78, 5) is 30.8. The van der Waals surface area contributed by atoms with E-state index in [4.69, 9.17) is 4.74 Å². The molecular weight excluding hydrogens is 294 g/mol. The van der Waals surface area contributed by atoms with Crippen molar-refractivity contribution in [2.75, 3.05) is 52.5 Å². The van der Waals surface area contributed by atoms with E-state index in [1.54, 1.807) is 0 Å². The van der Waals surface area contributed by atoms with Crippen molar-refractivity contribution in [2.24, 2.45) is 0 Å². The SMILES string of the molecule is CC/C=C(\C)C(=O)N1CCN([C@@H](C)C(=O)N2CCOCC2)CC1. The number of piperazine rings is 1. The molecule has 130 valence electrons. The Balaban J connectivity index is 1.84. The van der Waals surface area contributed by atoms with Crippen molar-refractivity contribution in [3.05, 3.63) is 11.6 Å². The molecule has 0 aliphatic carbocycles. The second-order valence-electron chi connectivity index (χ2n) is 6.24. The molecule has 0 aromatic heterocycles. The quantitative estimate of drug-likeness (QED) is 0.716. The minimum absolute atomic E-state index is 0.124. The second-order valence-corrected chi connectivity index (χ2v) is 6.24. The third-order valence-corrected chi connectivity index (χ3v) is 4.68. The van der Waals surface area contributed by atoms with Crippen LogP contribution in [0.25, 0.3) is 0 Å². The number of rotatable bonds is 4. The zero-order valence-electron chi connectivity index (χ0n) is 14.6. The van der Waals surface area contributed by atoms with Crippen LogP contribution in [0.15, 0.2) is 11.6 Å². The lowest BCUT2D eigenvalue weighted by Crippen LogP contribution is -2.56. The van der Waals surface area contributed by atoms with Crippen molar-refractivity contribution in [1.29, 1.82) is 0 Å². The molecular formula is C17H29N3O3. The van der Waals surface area contributed by atoms with Gasteiger partial charge in [0, 0.05) is 44.8 Å². The third-order valence-electron chi connectivity index (χ3n) is 4.68. The molecule has 0 bridgehead atoms. The largest absolute Gasteiger partial charge is 0.378 e. The van der Waals surface area contributed by atoms with E-state index in [1.165, 1.54) is 0 Å². The van der Waals surface area contributed by atoms with Crippen molar-refractivity contribution >= 4 is 11.8 Å². The molecule has 0 aromatic rings. The van der Waals surface area contributed by atoms with Crippen LogP contribution in [0, 0.1) is 0 Å². The molecule has 0 radical (unpaired) electrons. The Morgan fingerprint density at radius 1 is 1.04 bits per heavy atom. The van der Waals surface area contributed by atoms with Crippen molar-refractivity contribution in [1.82, 2.24) is 14.7 Å². The monoisotopic (exact) mass is 323 g/mol. The van der Waals surface area contributed by atoms with Gasteiger partial charge in [0.05, 0.1) is 19.3 Å². The Bertz CT molecular complexity index is 450. The average Bonchev–Trinajstić information content (AvgIpc) is 2.61. The minimum Gasteiger partial charge on any atom is -0.378 e. The van der Waals surface area contributed by atoms with Crippen LogP contribution in [0.2, 0.25) is 0 Å². The van der Waals surface area contributed by atoms with E-state index in [0.29, 0.717) is 39.4 Å². The summed E-state index contributed by atoms with van der Waals surface area (Å²) in [5, 5.41) is 0. The number of allylic oxidation sites excluding steroid dienone is 1. The van der Waals surface area contributed by atoms with Gasteiger partial charge in [-0.3, -0.25) is 14.5 Å². The van der Waals surface area contributed by atoms with Gasteiger partial charge in [-0.05, 0) is 20.3 Å². The first kappa shape index (κ1) is 17.9. The minimum atomic E-state index is -0.127. The van der Waals surface area contributed by atoms with Crippen LogP contribution < -0.4 is 0 Å². The van der Waals surface area contributed by atoms with E-state index < -0.39 is 0 Å². The lowest BCUT2D eigenvalue weighted by Gasteiger charge is -2.39. The predicted octanol–water partition coefficient (Wildman–Crippen LogP) is 0.734. The van der Waals surface area contributed by atoms with Crippen LogP contribution in [0.3, 0.4) is 0 Å². The number of hydrogen-bond acceptors (Lipinski definition) is 4. The number of carbonyl (C=O) groups excluding carboxylic acids is 2. The standard InChI is InChI=1S/C17H29N3O3/c1-4-5-14(2)16(21)19-8-6-18(7-9-19)15(3)17(22)20-10-12-23-13-11-20/h5,15H,4,6-13H2,1-3H3/b14-5+/t15-/m0/s1. The van der Waals surface area contributed by atoms with Gasteiger partial charge in [-0.1, -0.05) is 13.0 Å². The highest BCUT2D eigenvalue weighted by Crippen LogP contribution is 2.12. The first-order valence-corrected chi connectivity index (χ1v) is 8.61. The van der Waals surface area contributed by atoms with Crippen LogP contribution in [0.5, 0.6) is 0 Å². The third kappa shape index (κ3) is 4.54. The highest BCUT2D eigenvalue weighted by atomic mass is 16.5. The summed E-state index contributed by atoms with van der Waals surface area (Å²) >= 11 is 0. The summed E-state index contributed by atoms with van der Waals surface area (Å²) < 4.78 is 5.30. The zero-order valence-corrected chi connectivity index (χ0v) is 14.6. The van der Waals surface area contributed by atoms with E-state index in [-0.39, 0.29) is 17.9 Å². The van der Waals surface area contributed by atoms with Gasteiger partial charge in [-0.25, -0.2) is 0 Å². The van der Waals surface area contributed by atoms with Gasteiger partial charge < -0.3 is 14.5 Å². The highest BCUT2D eigenvalue weighted by molar-refractivity contribution is 5.92. The Labute approximate surface area is 139 Å². The lowest BCUT2D eigenvalue weighted by atomic mass is 10.1. The van der Waals surface area contributed by atoms with Crippen LogP contribution in [-0.4, -0.2) is 85.0 Å². The fourth-order valence-electron chi connectivity index (χ4n) is 3.16. The van der Waals surface area contributed by atoms with Crippen molar-refractivity contribution in [3.63, 3.8) is 0 Å². The van der Waals surface area contributed by atoms with Gasteiger partial charge in [0.1, 0.15) is 0 Å². The maximum Gasteiger partial charge on any atom is 0.249 e. The summed E-state index contributed by atoms with van der Waals surface area (Å²) in [6, 6.07) is -0.127.